The zero-order chi connectivity index (χ0) is 12.3. The van der Waals surface area contributed by atoms with E-state index in [-0.39, 0.29) is 12.1 Å². The topological polar surface area (TPSA) is 68.4 Å². The van der Waals surface area contributed by atoms with E-state index in [9.17, 15) is 13.2 Å². The third kappa shape index (κ3) is 3.07. The molecule has 4 nitrogen and oxygen atoms in total. The number of aliphatic hydroxyl groups excluding tert-OH is 1. The maximum atomic E-state index is 12.0. The third-order valence-electron chi connectivity index (χ3n) is 1.93. The number of hydrogen-bond acceptors (Lipinski definition) is 4. The minimum atomic E-state index is -4.84. The molecule has 90 valence electrons. The van der Waals surface area contributed by atoms with Gasteiger partial charge in [0.2, 0.25) is 5.88 Å². The van der Waals surface area contributed by atoms with Gasteiger partial charge < -0.3 is 15.6 Å². The molecule has 0 bridgehead atoms. The zero-order valence-corrected chi connectivity index (χ0v) is 8.51. The molecule has 0 aliphatic carbocycles. The summed E-state index contributed by atoms with van der Waals surface area (Å²) < 4.78 is 39.8. The lowest BCUT2D eigenvalue weighted by atomic mass is 10.1. The summed E-state index contributed by atoms with van der Waals surface area (Å²) in [5.41, 5.74) is 6.21. The van der Waals surface area contributed by atoms with Crippen LogP contribution in [0.2, 0.25) is 0 Å². The maximum absolute atomic E-state index is 12.0. The van der Waals surface area contributed by atoms with Crippen molar-refractivity contribution in [3.63, 3.8) is 0 Å². The van der Waals surface area contributed by atoms with Crippen LogP contribution in [0.1, 0.15) is 16.8 Å². The van der Waals surface area contributed by atoms with Gasteiger partial charge >= 0.3 is 6.36 Å². The first kappa shape index (κ1) is 12.7. The van der Waals surface area contributed by atoms with Crippen molar-refractivity contribution in [1.29, 1.82) is 0 Å². The maximum Gasteiger partial charge on any atom is 0.574 e. The Morgan fingerprint density at radius 2 is 2.12 bits per heavy atom. The van der Waals surface area contributed by atoms with Gasteiger partial charge in [0.25, 0.3) is 0 Å². The van der Waals surface area contributed by atoms with Crippen molar-refractivity contribution in [1.82, 2.24) is 4.98 Å². The number of nitrogens with two attached hydrogens (primary N) is 1. The van der Waals surface area contributed by atoms with E-state index < -0.39 is 18.8 Å². The summed E-state index contributed by atoms with van der Waals surface area (Å²) in [7, 11) is 0. The van der Waals surface area contributed by atoms with Crippen molar-refractivity contribution in [3.8, 4) is 5.88 Å². The normalized spacial score (nSPS) is 11.6. The van der Waals surface area contributed by atoms with E-state index >= 15 is 0 Å². The van der Waals surface area contributed by atoms with Gasteiger partial charge in [-0.2, -0.15) is 0 Å². The smallest absolute Gasteiger partial charge is 0.391 e. The Morgan fingerprint density at radius 3 is 2.56 bits per heavy atom. The standard InChI is InChI=1S/C9H11F3N2O2/c1-5-2-6(4-15)8(14-7(5)3-13)16-9(10,11)12/h2,15H,3-4,13H2,1H3. The molecule has 1 heterocycles. The van der Waals surface area contributed by atoms with E-state index in [2.05, 4.69) is 9.72 Å². The molecule has 1 rings (SSSR count). The van der Waals surface area contributed by atoms with Crippen LogP contribution in [0.5, 0.6) is 5.88 Å². The predicted octanol–water partition coefficient (Wildman–Crippen LogP) is 1.24. The van der Waals surface area contributed by atoms with Gasteiger partial charge in [-0.15, -0.1) is 13.2 Å². The van der Waals surface area contributed by atoms with Gasteiger partial charge in [0.05, 0.1) is 12.3 Å². The Labute approximate surface area is 89.9 Å². The molecule has 0 fully saturated rings. The third-order valence-corrected chi connectivity index (χ3v) is 1.93. The monoisotopic (exact) mass is 236 g/mol. The number of hydrogen-bond donors (Lipinski definition) is 2. The van der Waals surface area contributed by atoms with Crippen molar-refractivity contribution in [2.24, 2.45) is 5.73 Å². The molecule has 0 spiro atoms. The fraction of sp³-hybridized carbons (Fsp3) is 0.444. The second-order valence-electron chi connectivity index (χ2n) is 3.13. The molecule has 0 aliphatic heterocycles. The van der Waals surface area contributed by atoms with E-state index in [1.807, 2.05) is 0 Å². The average molecular weight is 236 g/mol. The molecule has 0 radical (unpaired) electrons. The summed E-state index contributed by atoms with van der Waals surface area (Å²) >= 11 is 0. The summed E-state index contributed by atoms with van der Waals surface area (Å²) in [6.45, 7) is 1.07. The molecule has 0 aromatic carbocycles. The number of ether oxygens (including phenoxy) is 1. The number of pyridine rings is 1. The van der Waals surface area contributed by atoms with Crippen LogP contribution in [0.3, 0.4) is 0 Å². The lowest BCUT2D eigenvalue weighted by molar-refractivity contribution is -0.276. The quantitative estimate of drug-likeness (QED) is 0.828. The second-order valence-corrected chi connectivity index (χ2v) is 3.13. The van der Waals surface area contributed by atoms with Gasteiger partial charge in [0.1, 0.15) is 0 Å². The van der Waals surface area contributed by atoms with Crippen LogP contribution in [0.15, 0.2) is 6.07 Å². The van der Waals surface area contributed by atoms with Gasteiger partial charge in [-0.25, -0.2) is 4.98 Å². The van der Waals surface area contributed by atoms with Crippen LogP contribution in [-0.2, 0) is 13.2 Å². The van der Waals surface area contributed by atoms with Gasteiger partial charge in [-0.05, 0) is 18.6 Å². The molecule has 0 amide bonds. The first-order valence-electron chi connectivity index (χ1n) is 4.43. The number of nitrogens with zero attached hydrogens (tertiary/aromatic N) is 1. The first-order valence-corrected chi connectivity index (χ1v) is 4.43. The number of halogens is 3. The van der Waals surface area contributed by atoms with Crippen molar-refractivity contribution < 1.29 is 23.0 Å². The molecule has 7 heteroatoms. The summed E-state index contributed by atoms with van der Waals surface area (Å²) in [6.07, 6.45) is -4.84. The number of rotatable bonds is 3. The van der Waals surface area contributed by atoms with Crippen LogP contribution < -0.4 is 10.5 Å². The Bertz CT molecular complexity index is 380. The molecule has 0 unspecified atom stereocenters. The Hall–Kier alpha value is -1.34. The Balaban J connectivity index is 3.15. The van der Waals surface area contributed by atoms with Crippen LogP contribution in [-0.4, -0.2) is 16.5 Å². The van der Waals surface area contributed by atoms with Gasteiger partial charge in [-0.1, -0.05) is 0 Å². The molecule has 0 saturated carbocycles. The van der Waals surface area contributed by atoms with Crippen molar-refractivity contribution in [2.75, 3.05) is 0 Å². The highest BCUT2D eigenvalue weighted by Crippen LogP contribution is 2.26. The fourth-order valence-corrected chi connectivity index (χ4v) is 1.21. The van der Waals surface area contributed by atoms with Gasteiger partial charge in [-0.3, -0.25) is 0 Å². The molecular weight excluding hydrogens is 225 g/mol. The van der Waals surface area contributed by atoms with Gasteiger partial charge in [0, 0.05) is 12.1 Å². The van der Waals surface area contributed by atoms with E-state index in [0.29, 0.717) is 11.3 Å². The molecular formula is C9H11F3N2O2. The minimum absolute atomic E-state index is 0.00571. The number of aromatic nitrogens is 1. The van der Waals surface area contributed by atoms with Crippen LogP contribution in [0.25, 0.3) is 0 Å². The first-order chi connectivity index (χ1) is 7.37. The second kappa shape index (κ2) is 4.67. The molecule has 0 atom stereocenters. The highest BCUT2D eigenvalue weighted by molar-refractivity contribution is 5.33. The molecule has 0 aliphatic rings. The Morgan fingerprint density at radius 1 is 1.50 bits per heavy atom. The van der Waals surface area contributed by atoms with E-state index in [1.54, 1.807) is 6.92 Å². The van der Waals surface area contributed by atoms with Crippen LogP contribution in [0, 0.1) is 6.92 Å². The lowest BCUT2D eigenvalue weighted by Crippen LogP contribution is -2.20. The highest BCUT2D eigenvalue weighted by Gasteiger charge is 2.33. The molecule has 0 saturated heterocycles. The zero-order valence-electron chi connectivity index (χ0n) is 8.51. The summed E-state index contributed by atoms with van der Waals surface area (Å²) in [6, 6.07) is 1.37. The van der Waals surface area contributed by atoms with Crippen molar-refractivity contribution >= 4 is 0 Å². The van der Waals surface area contributed by atoms with Crippen LogP contribution >= 0.6 is 0 Å². The highest BCUT2D eigenvalue weighted by atomic mass is 19.4. The minimum Gasteiger partial charge on any atom is -0.391 e. The lowest BCUT2D eigenvalue weighted by Gasteiger charge is -2.13. The van der Waals surface area contributed by atoms with E-state index in [4.69, 9.17) is 10.8 Å². The number of alkyl halides is 3. The summed E-state index contributed by atoms with van der Waals surface area (Å²) in [4.78, 5) is 3.62. The van der Waals surface area contributed by atoms with E-state index in [1.165, 1.54) is 6.07 Å². The number of aliphatic hydroxyl groups is 1. The number of aryl methyl sites for hydroxylation is 1. The van der Waals surface area contributed by atoms with E-state index in [0.717, 1.165) is 0 Å². The summed E-state index contributed by atoms with van der Waals surface area (Å²) in [5, 5.41) is 8.88. The van der Waals surface area contributed by atoms with Crippen molar-refractivity contribution in [2.45, 2.75) is 26.4 Å². The molecule has 3 N–H and O–H groups in total. The van der Waals surface area contributed by atoms with Crippen LogP contribution in [0.4, 0.5) is 13.2 Å². The van der Waals surface area contributed by atoms with Gasteiger partial charge in [0.15, 0.2) is 0 Å². The SMILES string of the molecule is Cc1cc(CO)c(OC(F)(F)F)nc1CN. The Kier molecular flexibility index (Phi) is 3.71. The average Bonchev–Trinajstić information content (AvgIpc) is 2.18. The molecule has 1 aromatic heterocycles. The largest absolute Gasteiger partial charge is 0.574 e. The molecule has 1 aromatic rings. The van der Waals surface area contributed by atoms with Crippen molar-refractivity contribution in [3.05, 3.63) is 22.9 Å². The molecule has 16 heavy (non-hydrogen) atoms. The summed E-state index contributed by atoms with van der Waals surface area (Å²) in [5.74, 6) is -0.652. The predicted molar refractivity (Wildman–Crippen MR) is 49.5 cm³/mol. The fourth-order valence-electron chi connectivity index (χ4n) is 1.21.